The highest BCUT2D eigenvalue weighted by molar-refractivity contribution is 7.15. The highest BCUT2D eigenvalue weighted by atomic mass is 32.1. The lowest BCUT2D eigenvalue weighted by Gasteiger charge is -2.25. The molecule has 2 aromatic heterocycles. The van der Waals surface area contributed by atoms with Gasteiger partial charge in [-0.05, 0) is 34.4 Å². The minimum Gasteiger partial charge on any atom is -0.507 e. The first kappa shape index (κ1) is 18.3. The second kappa shape index (κ2) is 7.61. The number of fused-ring (bicyclic) bond motifs is 1. The van der Waals surface area contributed by atoms with Crippen molar-refractivity contribution in [3.05, 3.63) is 95.6 Å². The third-order valence-corrected chi connectivity index (χ3v) is 6.22. The summed E-state index contributed by atoms with van der Waals surface area (Å²) in [5, 5.41) is 17.3. The molecule has 0 saturated carbocycles. The third-order valence-electron chi connectivity index (χ3n) is 5.31. The highest BCUT2D eigenvalue weighted by Crippen LogP contribution is 2.46. The molecule has 1 atom stereocenters. The van der Waals surface area contributed by atoms with Crippen LogP contribution in [-0.4, -0.2) is 22.4 Å². The SMILES string of the molecule is O=CC1Nc2scc(-c3ccc(-c4ccncc4)cc3)c2C(O)=C1c1ccccc1. The molecule has 0 radical (unpaired) electrons. The quantitative estimate of drug-likeness (QED) is 0.412. The summed E-state index contributed by atoms with van der Waals surface area (Å²) in [6, 6.07) is 21.2. The molecule has 0 bridgehead atoms. The summed E-state index contributed by atoms with van der Waals surface area (Å²) < 4.78 is 0. The van der Waals surface area contributed by atoms with E-state index >= 15 is 0 Å². The van der Waals surface area contributed by atoms with Gasteiger partial charge < -0.3 is 15.2 Å². The number of aliphatic hydroxyl groups is 1. The minimum atomic E-state index is -0.583. The van der Waals surface area contributed by atoms with E-state index in [-0.39, 0.29) is 5.76 Å². The van der Waals surface area contributed by atoms with Gasteiger partial charge >= 0.3 is 0 Å². The van der Waals surface area contributed by atoms with E-state index in [4.69, 9.17) is 0 Å². The van der Waals surface area contributed by atoms with Crippen molar-refractivity contribution >= 4 is 34.0 Å². The van der Waals surface area contributed by atoms with E-state index < -0.39 is 6.04 Å². The summed E-state index contributed by atoms with van der Waals surface area (Å²) in [5.41, 5.74) is 6.34. The van der Waals surface area contributed by atoms with Gasteiger partial charge in [0.2, 0.25) is 0 Å². The van der Waals surface area contributed by atoms with Gasteiger partial charge in [-0.15, -0.1) is 11.3 Å². The number of aldehydes is 1. The Kier molecular flexibility index (Phi) is 4.65. The molecule has 146 valence electrons. The van der Waals surface area contributed by atoms with Gasteiger partial charge in [-0.25, -0.2) is 0 Å². The second-order valence-electron chi connectivity index (χ2n) is 7.05. The number of nitrogens with one attached hydrogen (secondary N) is 1. The van der Waals surface area contributed by atoms with Gasteiger partial charge in [-0.1, -0.05) is 54.6 Å². The van der Waals surface area contributed by atoms with Crippen LogP contribution in [0.4, 0.5) is 5.00 Å². The Morgan fingerprint density at radius 3 is 2.23 bits per heavy atom. The molecule has 2 N–H and O–H groups in total. The van der Waals surface area contributed by atoms with Crippen molar-refractivity contribution in [2.24, 2.45) is 0 Å². The van der Waals surface area contributed by atoms with Gasteiger partial charge in [-0.3, -0.25) is 4.98 Å². The lowest BCUT2D eigenvalue weighted by atomic mass is 9.90. The monoisotopic (exact) mass is 410 g/mol. The maximum Gasteiger partial charge on any atom is 0.146 e. The van der Waals surface area contributed by atoms with Crippen LogP contribution in [0.2, 0.25) is 0 Å². The van der Waals surface area contributed by atoms with E-state index in [9.17, 15) is 9.90 Å². The molecule has 0 amide bonds. The molecule has 1 aliphatic rings. The van der Waals surface area contributed by atoms with Gasteiger partial charge in [-0.2, -0.15) is 0 Å². The molecule has 3 heterocycles. The van der Waals surface area contributed by atoms with Gasteiger partial charge in [0.05, 0.1) is 5.56 Å². The van der Waals surface area contributed by atoms with Crippen molar-refractivity contribution < 1.29 is 9.90 Å². The zero-order chi connectivity index (χ0) is 20.5. The molecule has 0 aliphatic carbocycles. The first-order chi connectivity index (χ1) is 14.8. The second-order valence-corrected chi connectivity index (χ2v) is 7.93. The summed E-state index contributed by atoms with van der Waals surface area (Å²) in [4.78, 5) is 15.8. The van der Waals surface area contributed by atoms with Crippen LogP contribution < -0.4 is 5.32 Å². The molecular weight excluding hydrogens is 392 g/mol. The molecular formula is C25H18N2O2S. The topological polar surface area (TPSA) is 62.2 Å². The van der Waals surface area contributed by atoms with E-state index in [1.54, 1.807) is 12.4 Å². The van der Waals surface area contributed by atoms with E-state index in [0.717, 1.165) is 44.7 Å². The number of aliphatic hydroxyl groups excluding tert-OH is 1. The summed E-state index contributed by atoms with van der Waals surface area (Å²) in [6.45, 7) is 0. The van der Waals surface area contributed by atoms with Gasteiger partial charge in [0.1, 0.15) is 23.1 Å². The Balaban J connectivity index is 1.60. The number of anilines is 1. The Bertz CT molecular complexity index is 1230. The Hall–Kier alpha value is -3.70. The fourth-order valence-corrected chi connectivity index (χ4v) is 4.84. The number of thiophene rings is 1. The molecule has 5 heteroatoms. The standard InChI is InChI=1S/C25H18N2O2S/c28-14-21-22(19-4-2-1-3-5-19)24(29)23-20(15-30-25(23)27-21)18-8-6-16(7-9-18)17-10-12-26-13-11-17/h1-15,21,27,29H. The Morgan fingerprint density at radius 2 is 1.53 bits per heavy atom. The molecule has 0 fully saturated rings. The average Bonchev–Trinajstić information content (AvgIpc) is 3.24. The van der Waals surface area contributed by atoms with Gasteiger partial charge in [0, 0.05) is 28.9 Å². The average molecular weight is 410 g/mol. The fraction of sp³-hybridized carbons (Fsp3) is 0.0400. The van der Waals surface area contributed by atoms with Crippen molar-refractivity contribution in [1.82, 2.24) is 4.98 Å². The van der Waals surface area contributed by atoms with E-state index in [0.29, 0.717) is 5.57 Å². The van der Waals surface area contributed by atoms with E-state index in [1.807, 2.05) is 47.8 Å². The van der Waals surface area contributed by atoms with Crippen LogP contribution in [0.5, 0.6) is 0 Å². The van der Waals surface area contributed by atoms with Crippen LogP contribution in [0.25, 0.3) is 33.6 Å². The summed E-state index contributed by atoms with van der Waals surface area (Å²) in [5.74, 6) is 0.154. The molecule has 0 spiro atoms. The van der Waals surface area contributed by atoms with Crippen LogP contribution in [0.15, 0.2) is 84.5 Å². The van der Waals surface area contributed by atoms with E-state index in [2.05, 4.69) is 34.6 Å². The summed E-state index contributed by atoms with van der Waals surface area (Å²) >= 11 is 1.50. The number of pyridine rings is 1. The normalized spacial score (nSPS) is 15.4. The van der Waals surface area contributed by atoms with Crippen LogP contribution in [-0.2, 0) is 4.79 Å². The largest absolute Gasteiger partial charge is 0.507 e. The van der Waals surface area contributed by atoms with Crippen molar-refractivity contribution in [3.63, 3.8) is 0 Å². The Morgan fingerprint density at radius 1 is 0.867 bits per heavy atom. The first-order valence-corrected chi connectivity index (χ1v) is 10.5. The van der Waals surface area contributed by atoms with Gasteiger partial charge in [0.15, 0.2) is 0 Å². The van der Waals surface area contributed by atoms with Crippen LogP contribution >= 0.6 is 11.3 Å². The number of hydrogen-bond donors (Lipinski definition) is 2. The fourth-order valence-electron chi connectivity index (χ4n) is 3.83. The molecule has 1 unspecified atom stereocenters. The predicted octanol–water partition coefficient (Wildman–Crippen LogP) is 5.90. The molecule has 2 aromatic carbocycles. The van der Waals surface area contributed by atoms with E-state index in [1.165, 1.54) is 11.3 Å². The molecule has 0 saturated heterocycles. The van der Waals surface area contributed by atoms with Crippen LogP contribution in [0.3, 0.4) is 0 Å². The Labute approximate surface area is 178 Å². The zero-order valence-corrected chi connectivity index (χ0v) is 16.8. The number of aromatic nitrogens is 1. The maximum absolute atomic E-state index is 11.7. The minimum absolute atomic E-state index is 0.154. The van der Waals surface area contributed by atoms with Crippen LogP contribution in [0, 0.1) is 0 Å². The lowest BCUT2D eigenvalue weighted by Crippen LogP contribution is -2.27. The third kappa shape index (κ3) is 3.09. The number of carbonyl (C=O) groups is 1. The summed E-state index contributed by atoms with van der Waals surface area (Å²) in [7, 11) is 0. The number of carbonyl (C=O) groups excluding carboxylic acids is 1. The molecule has 5 rings (SSSR count). The lowest BCUT2D eigenvalue weighted by molar-refractivity contribution is -0.107. The number of rotatable bonds is 4. The molecule has 30 heavy (non-hydrogen) atoms. The van der Waals surface area contributed by atoms with Crippen molar-refractivity contribution in [1.29, 1.82) is 0 Å². The van der Waals surface area contributed by atoms with Gasteiger partial charge in [0.25, 0.3) is 0 Å². The smallest absolute Gasteiger partial charge is 0.146 e. The molecule has 4 nitrogen and oxygen atoms in total. The first-order valence-electron chi connectivity index (χ1n) is 9.59. The zero-order valence-electron chi connectivity index (χ0n) is 15.9. The van der Waals surface area contributed by atoms with Crippen molar-refractivity contribution in [3.8, 4) is 22.3 Å². The van der Waals surface area contributed by atoms with Crippen molar-refractivity contribution in [2.75, 3.05) is 5.32 Å². The number of benzene rings is 2. The maximum atomic E-state index is 11.7. The summed E-state index contributed by atoms with van der Waals surface area (Å²) in [6.07, 6.45) is 4.40. The molecule has 1 aliphatic heterocycles. The number of nitrogens with zero attached hydrogens (tertiary/aromatic N) is 1. The molecule has 4 aromatic rings. The predicted molar refractivity (Wildman–Crippen MR) is 122 cm³/mol. The van der Waals surface area contributed by atoms with Crippen molar-refractivity contribution in [2.45, 2.75) is 6.04 Å². The van der Waals surface area contributed by atoms with Crippen LogP contribution in [0.1, 0.15) is 11.1 Å². The number of hydrogen-bond acceptors (Lipinski definition) is 5. The highest BCUT2D eigenvalue weighted by Gasteiger charge is 2.31.